The summed E-state index contributed by atoms with van der Waals surface area (Å²) in [6.45, 7) is 5.42. The second kappa shape index (κ2) is 5.92. The van der Waals surface area contributed by atoms with Crippen LogP contribution in [-0.4, -0.2) is 32.3 Å². The van der Waals surface area contributed by atoms with Crippen LogP contribution in [-0.2, 0) is 17.3 Å². The van der Waals surface area contributed by atoms with Crippen molar-refractivity contribution in [1.29, 1.82) is 0 Å². The second-order valence-corrected chi connectivity index (χ2v) is 5.07. The summed E-state index contributed by atoms with van der Waals surface area (Å²) in [6, 6.07) is 5.95. The lowest BCUT2D eigenvalue weighted by Crippen LogP contribution is -3.17. The van der Waals surface area contributed by atoms with Crippen molar-refractivity contribution >= 4 is 0 Å². The molecule has 0 aromatic heterocycles. The molecule has 1 aliphatic rings. The first-order valence-corrected chi connectivity index (χ1v) is 6.55. The SMILES string of the molecule is C[C@@H](Cc1cccc(C(F)(F)F)c1)[NH+]1CCOCC1. The van der Waals surface area contributed by atoms with Gasteiger partial charge in [0.05, 0.1) is 24.8 Å². The Hall–Kier alpha value is -1.07. The van der Waals surface area contributed by atoms with Gasteiger partial charge in [-0.25, -0.2) is 0 Å². The van der Waals surface area contributed by atoms with E-state index in [4.69, 9.17) is 4.74 Å². The van der Waals surface area contributed by atoms with Gasteiger partial charge in [-0.1, -0.05) is 18.2 Å². The van der Waals surface area contributed by atoms with Crippen LogP contribution in [0.1, 0.15) is 18.1 Å². The molecule has 0 spiro atoms. The van der Waals surface area contributed by atoms with Gasteiger partial charge in [0, 0.05) is 6.42 Å². The first-order chi connectivity index (χ1) is 8.97. The van der Waals surface area contributed by atoms with Crippen LogP contribution in [0.15, 0.2) is 24.3 Å². The van der Waals surface area contributed by atoms with Crippen molar-refractivity contribution in [1.82, 2.24) is 0 Å². The van der Waals surface area contributed by atoms with Crippen molar-refractivity contribution in [2.45, 2.75) is 25.6 Å². The average Bonchev–Trinajstić information content (AvgIpc) is 2.39. The van der Waals surface area contributed by atoms with Gasteiger partial charge < -0.3 is 9.64 Å². The number of halogens is 3. The van der Waals surface area contributed by atoms with E-state index >= 15 is 0 Å². The van der Waals surface area contributed by atoms with Gasteiger partial charge in [-0.3, -0.25) is 0 Å². The van der Waals surface area contributed by atoms with Crippen molar-refractivity contribution in [2.75, 3.05) is 26.3 Å². The highest BCUT2D eigenvalue weighted by molar-refractivity contribution is 5.26. The van der Waals surface area contributed by atoms with Gasteiger partial charge >= 0.3 is 6.18 Å². The number of nitrogens with one attached hydrogen (secondary N) is 1. The van der Waals surface area contributed by atoms with Crippen LogP contribution in [0.4, 0.5) is 13.2 Å². The Morgan fingerprint density at radius 3 is 2.58 bits per heavy atom. The zero-order chi connectivity index (χ0) is 13.9. The summed E-state index contributed by atoms with van der Waals surface area (Å²) in [5.74, 6) is 0. The topological polar surface area (TPSA) is 13.7 Å². The predicted octanol–water partition coefficient (Wildman–Crippen LogP) is 1.55. The fourth-order valence-corrected chi connectivity index (χ4v) is 2.50. The Kier molecular flexibility index (Phi) is 4.47. The zero-order valence-electron chi connectivity index (χ0n) is 11.0. The van der Waals surface area contributed by atoms with Crippen molar-refractivity contribution in [3.63, 3.8) is 0 Å². The predicted molar refractivity (Wildman–Crippen MR) is 66.1 cm³/mol. The summed E-state index contributed by atoms with van der Waals surface area (Å²) in [5, 5.41) is 0. The van der Waals surface area contributed by atoms with E-state index in [9.17, 15) is 13.2 Å². The molecule has 1 heterocycles. The van der Waals surface area contributed by atoms with E-state index in [0.29, 0.717) is 12.5 Å². The third kappa shape index (κ3) is 3.94. The summed E-state index contributed by atoms with van der Waals surface area (Å²) in [4.78, 5) is 1.41. The molecule has 19 heavy (non-hydrogen) atoms. The van der Waals surface area contributed by atoms with E-state index in [1.54, 1.807) is 6.07 Å². The molecular weight excluding hydrogens is 255 g/mol. The van der Waals surface area contributed by atoms with E-state index in [1.165, 1.54) is 17.0 Å². The summed E-state index contributed by atoms with van der Waals surface area (Å²) >= 11 is 0. The molecule has 5 heteroatoms. The minimum absolute atomic E-state index is 0.312. The highest BCUT2D eigenvalue weighted by Gasteiger charge is 2.30. The van der Waals surface area contributed by atoms with Gasteiger partial charge in [0.25, 0.3) is 0 Å². The largest absolute Gasteiger partial charge is 0.416 e. The van der Waals surface area contributed by atoms with Crippen LogP contribution < -0.4 is 4.90 Å². The van der Waals surface area contributed by atoms with Crippen LogP contribution >= 0.6 is 0 Å². The molecule has 0 aliphatic carbocycles. The molecule has 1 atom stereocenters. The van der Waals surface area contributed by atoms with Crippen molar-refractivity contribution < 1.29 is 22.8 Å². The highest BCUT2D eigenvalue weighted by Crippen LogP contribution is 2.29. The second-order valence-electron chi connectivity index (χ2n) is 5.07. The first kappa shape index (κ1) is 14.3. The Morgan fingerprint density at radius 1 is 1.26 bits per heavy atom. The molecule has 2 rings (SSSR count). The smallest absolute Gasteiger partial charge is 0.370 e. The maximum atomic E-state index is 12.6. The molecule has 0 amide bonds. The Bertz CT molecular complexity index is 413. The highest BCUT2D eigenvalue weighted by atomic mass is 19.4. The van der Waals surface area contributed by atoms with Crippen LogP contribution in [0.2, 0.25) is 0 Å². The van der Waals surface area contributed by atoms with Crippen LogP contribution in [0.25, 0.3) is 0 Å². The van der Waals surface area contributed by atoms with Gasteiger partial charge in [-0.15, -0.1) is 0 Å². The van der Waals surface area contributed by atoms with Crippen molar-refractivity contribution in [2.24, 2.45) is 0 Å². The van der Waals surface area contributed by atoms with E-state index in [1.807, 2.05) is 0 Å². The molecule has 0 unspecified atom stereocenters. The van der Waals surface area contributed by atoms with Gasteiger partial charge in [-0.2, -0.15) is 13.2 Å². The third-order valence-electron chi connectivity index (χ3n) is 3.63. The lowest BCUT2D eigenvalue weighted by molar-refractivity contribution is -0.930. The number of morpholine rings is 1. The molecule has 0 radical (unpaired) electrons. The van der Waals surface area contributed by atoms with Crippen molar-refractivity contribution in [3.05, 3.63) is 35.4 Å². The number of quaternary nitrogens is 1. The number of rotatable bonds is 3. The molecule has 106 valence electrons. The molecule has 1 saturated heterocycles. The average molecular weight is 274 g/mol. The number of hydrogen-bond donors (Lipinski definition) is 1. The summed E-state index contributed by atoms with van der Waals surface area (Å²) in [5.41, 5.74) is 0.190. The first-order valence-electron chi connectivity index (χ1n) is 6.55. The van der Waals surface area contributed by atoms with Gasteiger partial charge in [0.1, 0.15) is 13.1 Å². The molecule has 1 aromatic rings. The molecule has 1 fully saturated rings. The van der Waals surface area contributed by atoms with Gasteiger partial charge in [0.2, 0.25) is 0 Å². The normalized spacial score (nSPS) is 19.4. The Balaban J connectivity index is 2.02. The number of ether oxygens (including phenoxy) is 1. The Labute approximate surface area is 111 Å². The quantitative estimate of drug-likeness (QED) is 0.883. The Morgan fingerprint density at radius 2 is 1.95 bits per heavy atom. The maximum Gasteiger partial charge on any atom is 0.416 e. The molecule has 1 aromatic carbocycles. The van der Waals surface area contributed by atoms with Gasteiger partial charge in [0.15, 0.2) is 0 Å². The summed E-state index contributed by atoms with van der Waals surface area (Å²) in [7, 11) is 0. The molecule has 1 N–H and O–H groups in total. The molecule has 1 aliphatic heterocycles. The van der Waals surface area contributed by atoms with Crippen LogP contribution in [0.5, 0.6) is 0 Å². The van der Waals surface area contributed by atoms with E-state index in [0.717, 1.165) is 37.9 Å². The molecule has 2 nitrogen and oxygen atoms in total. The number of benzene rings is 1. The maximum absolute atomic E-state index is 12.6. The number of alkyl halides is 3. The van der Waals surface area contributed by atoms with Crippen molar-refractivity contribution in [3.8, 4) is 0 Å². The van der Waals surface area contributed by atoms with Crippen LogP contribution in [0, 0.1) is 0 Å². The van der Waals surface area contributed by atoms with Crippen LogP contribution in [0.3, 0.4) is 0 Å². The fourth-order valence-electron chi connectivity index (χ4n) is 2.50. The van der Waals surface area contributed by atoms with E-state index < -0.39 is 11.7 Å². The fraction of sp³-hybridized carbons (Fsp3) is 0.571. The van der Waals surface area contributed by atoms with E-state index in [-0.39, 0.29) is 0 Å². The lowest BCUT2D eigenvalue weighted by atomic mass is 10.0. The molecule has 0 bridgehead atoms. The van der Waals surface area contributed by atoms with Gasteiger partial charge in [-0.05, 0) is 18.6 Å². The third-order valence-corrected chi connectivity index (χ3v) is 3.63. The lowest BCUT2D eigenvalue weighted by Gasteiger charge is -2.29. The summed E-state index contributed by atoms with van der Waals surface area (Å²) < 4.78 is 43.2. The zero-order valence-corrected chi connectivity index (χ0v) is 11.0. The minimum atomic E-state index is -4.26. The molecule has 0 saturated carbocycles. The number of hydrogen-bond acceptors (Lipinski definition) is 1. The summed E-state index contributed by atoms with van der Waals surface area (Å²) in [6.07, 6.45) is -3.59. The van der Waals surface area contributed by atoms with E-state index in [2.05, 4.69) is 6.92 Å². The molecular formula is C14H19F3NO+. The monoisotopic (exact) mass is 274 g/mol. The minimum Gasteiger partial charge on any atom is -0.370 e. The standard InChI is InChI=1S/C14H18F3NO/c1-11(18-5-7-19-8-6-18)9-12-3-2-4-13(10-12)14(15,16)17/h2-4,10-11H,5-9H2,1H3/p+1/t11-/m0/s1.